The lowest BCUT2D eigenvalue weighted by Crippen LogP contribution is -2.28. The summed E-state index contributed by atoms with van der Waals surface area (Å²) in [4.78, 5) is 15.7. The van der Waals surface area contributed by atoms with E-state index < -0.39 is 0 Å². The van der Waals surface area contributed by atoms with Gasteiger partial charge in [0.05, 0.1) is 10.6 Å². The fourth-order valence-corrected chi connectivity index (χ4v) is 5.72. The summed E-state index contributed by atoms with van der Waals surface area (Å²) in [5.74, 6) is -0.0818. The van der Waals surface area contributed by atoms with Crippen molar-refractivity contribution >= 4 is 68.5 Å². The second kappa shape index (κ2) is 8.82. The molecule has 33 heavy (non-hydrogen) atoms. The maximum absolute atomic E-state index is 13.4. The van der Waals surface area contributed by atoms with Crippen molar-refractivity contribution < 1.29 is 4.79 Å². The molecule has 1 aromatic heterocycles. The van der Waals surface area contributed by atoms with Crippen LogP contribution in [0.5, 0.6) is 0 Å². The van der Waals surface area contributed by atoms with Gasteiger partial charge in [-0.15, -0.1) is 0 Å². The fourth-order valence-electron chi connectivity index (χ4n) is 4.26. The van der Waals surface area contributed by atoms with Crippen molar-refractivity contribution in [3.05, 3.63) is 105 Å². The van der Waals surface area contributed by atoms with Gasteiger partial charge in [0.15, 0.2) is 4.32 Å². The summed E-state index contributed by atoms with van der Waals surface area (Å²) in [6.45, 7) is 4.73. The molecule has 0 saturated carbocycles. The Kier molecular flexibility index (Phi) is 5.87. The summed E-state index contributed by atoms with van der Waals surface area (Å²) in [6.07, 6.45) is 1.98. The average molecular weight is 489 g/mol. The lowest BCUT2D eigenvalue weighted by atomic mass is 10.1. The van der Waals surface area contributed by atoms with Gasteiger partial charge in [0.1, 0.15) is 0 Å². The lowest BCUT2D eigenvalue weighted by molar-refractivity contribution is -0.113. The number of amides is 1. The van der Waals surface area contributed by atoms with Crippen molar-refractivity contribution in [3.63, 3.8) is 0 Å². The van der Waals surface area contributed by atoms with Gasteiger partial charge in [-0.25, -0.2) is 0 Å². The molecule has 1 amide bonds. The highest BCUT2D eigenvalue weighted by Gasteiger charge is 2.34. The number of carbonyl (C=O) groups is 1. The SMILES string of the molecule is Cc1ccccc1N1C(=O)C(=Cc2c(C)n(Cc3ccccc3Cl)c3ccccc23)SC1=S. The molecule has 164 valence electrons. The van der Waals surface area contributed by atoms with Gasteiger partial charge in [0.2, 0.25) is 0 Å². The van der Waals surface area contributed by atoms with E-state index >= 15 is 0 Å². The van der Waals surface area contributed by atoms with Gasteiger partial charge >= 0.3 is 0 Å². The largest absolute Gasteiger partial charge is 0.340 e. The molecule has 0 radical (unpaired) electrons. The van der Waals surface area contributed by atoms with Gasteiger partial charge in [0.25, 0.3) is 5.91 Å². The van der Waals surface area contributed by atoms with E-state index in [4.69, 9.17) is 23.8 Å². The molecule has 0 unspecified atom stereocenters. The topological polar surface area (TPSA) is 25.2 Å². The van der Waals surface area contributed by atoms with Crippen molar-refractivity contribution in [3.8, 4) is 0 Å². The zero-order chi connectivity index (χ0) is 23.1. The number of aryl methyl sites for hydroxylation is 1. The second-order valence-corrected chi connectivity index (χ2v) is 10.1. The number of nitrogens with zero attached hydrogens (tertiary/aromatic N) is 2. The Morgan fingerprint density at radius 3 is 2.45 bits per heavy atom. The standard InChI is InChI=1S/C27H21ClN2OS2/c1-17-9-3-7-13-23(17)30-26(31)25(33-27(30)32)15-21-18(2)29(24-14-8-5-11-20(21)24)16-19-10-4-6-12-22(19)28/h3-15H,16H2,1-2H3. The van der Waals surface area contributed by atoms with Crippen LogP contribution in [0.2, 0.25) is 5.02 Å². The number of halogens is 1. The maximum atomic E-state index is 13.4. The molecule has 0 spiro atoms. The van der Waals surface area contributed by atoms with E-state index in [1.807, 2.05) is 73.7 Å². The third kappa shape index (κ3) is 3.90. The second-order valence-electron chi connectivity index (χ2n) is 8.00. The van der Waals surface area contributed by atoms with Crippen LogP contribution in [0, 0.1) is 13.8 Å². The Morgan fingerprint density at radius 1 is 0.970 bits per heavy atom. The minimum Gasteiger partial charge on any atom is -0.340 e. The Balaban J connectivity index is 1.59. The van der Waals surface area contributed by atoms with E-state index in [-0.39, 0.29) is 5.91 Å². The first-order valence-corrected chi connectivity index (χ1v) is 12.2. The van der Waals surface area contributed by atoms with Crippen LogP contribution in [0.1, 0.15) is 22.4 Å². The van der Waals surface area contributed by atoms with Crippen LogP contribution in [0.4, 0.5) is 5.69 Å². The summed E-state index contributed by atoms with van der Waals surface area (Å²) in [6, 6.07) is 24.0. The predicted molar refractivity (Wildman–Crippen MR) is 144 cm³/mol. The van der Waals surface area contributed by atoms with E-state index in [9.17, 15) is 4.79 Å². The van der Waals surface area contributed by atoms with E-state index in [2.05, 4.69) is 23.6 Å². The van der Waals surface area contributed by atoms with Crippen molar-refractivity contribution in [2.45, 2.75) is 20.4 Å². The molecule has 0 bridgehead atoms. The van der Waals surface area contributed by atoms with Crippen molar-refractivity contribution in [1.82, 2.24) is 4.57 Å². The van der Waals surface area contributed by atoms with Crippen LogP contribution in [0.15, 0.2) is 77.7 Å². The third-order valence-corrected chi connectivity index (χ3v) is 7.66. The molecule has 0 aliphatic carbocycles. The van der Waals surface area contributed by atoms with Crippen molar-refractivity contribution in [2.75, 3.05) is 4.90 Å². The van der Waals surface area contributed by atoms with Gasteiger partial charge < -0.3 is 4.57 Å². The van der Waals surface area contributed by atoms with Crippen LogP contribution in [0.25, 0.3) is 17.0 Å². The number of thioether (sulfide) groups is 1. The Hall–Kier alpha value is -2.86. The highest BCUT2D eigenvalue weighted by molar-refractivity contribution is 8.27. The fraction of sp³-hybridized carbons (Fsp3) is 0.111. The molecular formula is C27H21ClN2OS2. The quantitative estimate of drug-likeness (QED) is 0.221. The normalized spacial score (nSPS) is 15.2. The smallest absolute Gasteiger partial charge is 0.270 e. The third-order valence-electron chi connectivity index (χ3n) is 5.99. The minimum absolute atomic E-state index is 0.0818. The molecule has 1 aliphatic rings. The monoisotopic (exact) mass is 488 g/mol. The Labute approximate surface area is 207 Å². The van der Waals surface area contributed by atoms with Gasteiger partial charge in [-0.1, -0.05) is 90.2 Å². The van der Waals surface area contributed by atoms with Crippen LogP contribution in [-0.4, -0.2) is 14.8 Å². The molecule has 0 N–H and O–H groups in total. The average Bonchev–Trinajstić information content (AvgIpc) is 3.23. The zero-order valence-corrected chi connectivity index (χ0v) is 20.6. The first-order valence-electron chi connectivity index (χ1n) is 10.6. The number of thiocarbonyl (C=S) groups is 1. The minimum atomic E-state index is -0.0818. The molecule has 1 saturated heterocycles. The molecule has 5 rings (SSSR count). The van der Waals surface area contributed by atoms with Gasteiger partial charge in [-0.05, 0) is 49.2 Å². The molecule has 4 aromatic rings. The summed E-state index contributed by atoms with van der Waals surface area (Å²) in [7, 11) is 0. The number of hydrogen-bond acceptors (Lipinski definition) is 3. The first-order chi connectivity index (χ1) is 16.0. The van der Waals surface area contributed by atoms with Crippen molar-refractivity contribution in [2.24, 2.45) is 0 Å². The summed E-state index contributed by atoms with van der Waals surface area (Å²) in [5, 5.41) is 1.85. The number of carbonyl (C=O) groups excluding carboxylic acids is 1. The summed E-state index contributed by atoms with van der Waals surface area (Å²) in [5.41, 5.74) is 6.13. The van der Waals surface area contributed by atoms with Crippen LogP contribution in [-0.2, 0) is 11.3 Å². The molecule has 3 nitrogen and oxygen atoms in total. The highest BCUT2D eigenvalue weighted by atomic mass is 35.5. The number of hydrogen-bond donors (Lipinski definition) is 0. The molecule has 2 heterocycles. The van der Waals surface area contributed by atoms with Crippen LogP contribution < -0.4 is 4.90 Å². The predicted octanol–water partition coefficient (Wildman–Crippen LogP) is 7.37. The van der Waals surface area contributed by atoms with E-state index in [1.54, 1.807) is 4.90 Å². The number of rotatable bonds is 4. The number of benzene rings is 3. The number of para-hydroxylation sites is 2. The van der Waals surface area contributed by atoms with Gasteiger partial charge in [-0.3, -0.25) is 9.69 Å². The molecule has 0 atom stereocenters. The molecule has 6 heteroatoms. The summed E-state index contributed by atoms with van der Waals surface area (Å²) < 4.78 is 2.81. The highest BCUT2D eigenvalue weighted by Crippen LogP contribution is 2.39. The Morgan fingerprint density at radius 2 is 1.67 bits per heavy atom. The van der Waals surface area contributed by atoms with Gasteiger partial charge in [0, 0.05) is 33.7 Å². The molecule has 1 fully saturated rings. The van der Waals surface area contributed by atoms with Crippen LogP contribution >= 0.6 is 35.6 Å². The van der Waals surface area contributed by atoms with Crippen molar-refractivity contribution in [1.29, 1.82) is 0 Å². The number of aromatic nitrogens is 1. The molecular weight excluding hydrogens is 468 g/mol. The van der Waals surface area contributed by atoms with Crippen LogP contribution in [0.3, 0.4) is 0 Å². The zero-order valence-electron chi connectivity index (χ0n) is 18.2. The van der Waals surface area contributed by atoms with E-state index in [0.717, 1.165) is 44.0 Å². The van der Waals surface area contributed by atoms with Gasteiger partial charge in [-0.2, -0.15) is 0 Å². The van der Waals surface area contributed by atoms with E-state index in [0.29, 0.717) is 15.8 Å². The first kappa shape index (κ1) is 22.0. The molecule has 3 aromatic carbocycles. The summed E-state index contributed by atoms with van der Waals surface area (Å²) >= 11 is 13.4. The maximum Gasteiger partial charge on any atom is 0.270 e. The lowest BCUT2D eigenvalue weighted by Gasteiger charge is -2.16. The number of fused-ring (bicyclic) bond motifs is 1. The molecule has 1 aliphatic heterocycles. The number of anilines is 1. The van der Waals surface area contributed by atoms with E-state index in [1.165, 1.54) is 11.8 Å². The Bertz CT molecular complexity index is 1450.